The third-order valence-corrected chi connectivity index (χ3v) is 3.95. The molecule has 22 heavy (non-hydrogen) atoms. The molecule has 1 amide bonds. The number of halogens is 2. The second kappa shape index (κ2) is 7.91. The number of hydrogen-bond donors (Lipinski definition) is 2. The molecular formula is C16H15F2NO2S. The van der Waals surface area contributed by atoms with Crippen LogP contribution in [0.15, 0.2) is 53.4 Å². The van der Waals surface area contributed by atoms with Crippen molar-refractivity contribution in [2.24, 2.45) is 0 Å². The number of hydrogen-bond acceptors (Lipinski definition) is 3. The van der Waals surface area contributed by atoms with Crippen molar-refractivity contribution in [1.29, 1.82) is 0 Å². The Hall–Kier alpha value is -1.92. The van der Waals surface area contributed by atoms with Crippen LogP contribution in [0.2, 0.25) is 0 Å². The van der Waals surface area contributed by atoms with Crippen molar-refractivity contribution in [3.05, 3.63) is 65.7 Å². The molecule has 0 radical (unpaired) electrons. The van der Waals surface area contributed by atoms with E-state index in [1.807, 2.05) is 0 Å². The summed E-state index contributed by atoms with van der Waals surface area (Å²) < 4.78 is 26.2. The molecule has 0 bridgehead atoms. The first-order chi connectivity index (χ1) is 10.6. The molecule has 2 aromatic rings. The standard InChI is InChI=1S/C16H15F2NO2S/c17-11-5-7-12(8-6-11)22-10-16(21)19-9-15(20)13-3-1-2-4-14(13)18/h1-8,15,20H,9-10H2,(H,19,21). The lowest BCUT2D eigenvalue weighted by Gasteiger charge is -2.13. The zero-order chi connectivity index (χ0) is 15.9. The van der Waals surface area contributed by atoms with Crippen molar-refractivity contribution in [3.8, 4) is 0 Å². The van der Waals surface area contributed by atoms with Crippen LogP contribution in [-0.2, 0) is 4.79 Å². The maximum Gasteiger partial charge on any atom is 0.230 e. The first-order valence-electron chi connectivity index (χ1n) is 6.64. The lowest BCUT2D eigenvalue weighted by atomic mass is 10.1. The molecule has 0 saturated heterocycles. The van der Waals surface area contributed by atoms with Crippen LogP contribution >= 0.6 is 11.8 Å². The van der Waals surface area contributed by atoms with Gasteiger partial charge < -0.3 is 10.4 Å². The Labute approximate surface area is 131 Å². The highest BCUT2D eigenvalue weighted by molar-refractivity contribution is 8.00. The quantitative estimate of drug-likeness (QED) is 0.804. The third-order valence-electron chi connectivity index (χ3n) is 2.94. The molecular weight excluding hydrogens is 308 g/mol. The zero-order valence-corrected chi connectivity index (χ0v) is 12.4. The summed E-state index contributed by atoms with van der Waals surface area (Å²) in [5, 5.41) is 12.4. The van der Waals surface area contributed by atoms with Crippen molar-refractivity contribution >= 4 is 17.7 Å². The van der Waals surface area contributed by atoms with Gasteiger partial charge in [0, 0.05) is 17.0 Å². The highest BCUT2D eigenvalue weighted by Crippen LogP contribution is 2.18. The van der Waals surface area contributed by atoms with E-state index in [9.17, 15) is 18.7 Å². The summed E-state index contributed by atoms with van der Waals surface area (Å²) in [4.78, 5) is 12.5. The van der Waals surface area contributed by atoms with E-state index < -0.39 is 11.9 Å². The summed E-state index contributed by atoms with van der Waals surface area (Å²) in [5.74, 6) is -0.994. The van der Waals surface area contributed by atoms with Crippen LogP contribution in [0.4, 0.5) is 8.78 Å². The van der Waals surface area contributed by atoms with Gasteiger partial charge in [-0.1, -0.05) is 18.2 Å². The Balaban J connectivity index is 1.78. The Morgan fingerprint density at radius 3 is 2.50 bits per heavy atom. The number of thioether (sulfide) groups is 1. The molecule has 2 N–H and O–H groups in total. The molecule has 3 nitrogen and oxygen atoms in total. The fourth-order valence-corrected chi connectivity index (χ4v) is 2.52. The van der Waals surface area contributed by atoms with Crippen LogP contribution in [0.1, 0.15) is 11.7 Å². The Bertz CT molecular complexity index is 634. The summed E-state index contributed by atoms with van der Waals surface area (Å²) in [7, 11) is 0. The molecule has 0 heterocycles. The average molecular weight is 323 g/mol. The van der Waals surface area contributed by atoms with E-state index in [0.717, 1.165) is 4.90 Å². The summed E-state index contributed by atoms with van der Waals surface area (Å²) in [6, 6.07) is 11.7. The van der Waals surface area contributed by atoms with Crippen LogP contribution in [0.3, 0.4) is 0 Å². The smallest absolute Gasteiger partial charge is 0.230 e. The second-order valence-corrected chi connectivity index (χ2v) is 5.63. The maximum absolute atomic E-state index is 13.5. The molecule has 2 rings (SSSR count). The number of aliphatic hydroxyl groups is 1. The van der Waals surface area contributed by atoms with Crippen molar-refractivity contribution in [3.63, 3.8) is 0 Å². The topological polar surface area (TPSA) is 49.3 Å². The van der Waals surface area contributed by atoms with Crippen LogP contribution in [0.25, 0.3) is 0 Å². The number of carbonyl (C=O) groups is 1. The summed E-state index contributed by atoms with van der Waals surface area (Å²) in [5.41, 5.74) is 0.147. The fraction of sp³-hybridized carbons (Fsp3) is 0.188. The molecule has 0 fully saturated rings. The van der Waals surface area contributed by atoms with Gasteiger partial charge in [0.25, 0.3) is 0 Å². The van der Waals surface area contributed by atoms with E-state index in [1.54, 1.807) is 18.2 Å². The number of aliphatic hydroxyl groups excluding tert-OH is 1. The Morgan fingerprint density at radius 1 is 1.14 bits per heavy atom. The van der Waals surface area contributed by atoms with Gasteiger partial charge in [-0.2, -0.15) is 0 Å². The maximum atomic E-state index is 13.5. The summed E-state index contributed by atoms with van der Waals surface area (Å²) in [6.07, 6.45) is -1.10. The van der Waals surface area contributed by atoms with E-state index in [2.05, 4.69) is 5.32 Å². The average Bonchev–Trinajstić information content (AvgIpc) is 2.52. The molecule has 2 aromatic carbocycles. The van der Waals surface area contributed by atoms with Crippen molar-refractivity contribution in [2.75, 3.05) is 12.3 Å². The SMILES string of the molecule is O=C(CSc1ccc(F)cc1)NCC(O)c1ccccc1F. The van der Waals surface area contributed by atoms with Crippen LogP contribution < -0.4 is 5.32 Å². The Morgan fingerprint density at radius 2 is 1.82 bits per heavy atom. The minimum atomic E-state index is -1.10. The van der Waals surface area contributed by atoms with Crippen LogP contribution in [0, 0.1) is 11.6 Å². The predicted octanol–water partition coefficient (Wildman–Crippen LogP) is 2.91. The number of carbonyl (C=O) groups excluding carboxylic acids is 1. The number of rotatable bonds is 6. The van der Waals surface area contributed by atoms with Crippen LogP contribution in [0.5, 0.6) is 0 Å². The van der Waals surface area contributed by atoms with E-state index in [1.165, 1.54) is 42.1 Å². The first-order valence-corrected chi connectivity index (χ1v) is 7.62. The van der Waals surface area contributed by atoms with Crippen LogP contribution in [-0.4, -0.2) is 23.3 Å². The highest BCUT2D eigenvalue weighted by atomic mass is 32.2. The van der Waals surface area contributed by atoms with E-state index >= 15 is 0 Å². The van der Waals surface area contributed by atoms with Gasteiger partial charge in [-0.15, -0.1) is 11.8 Å². The van der Waals surface area contributed by atoms with Gasteiger partial charge in [-0.05, 0) is 30.3 Å². The fourth-order valence-electron chi connectivity index (χ4n) is 1.80. The van der Waals surface area contributed by atoms with E-state index in [4.69, 9.17) is 0 Å². The molecule has 6 heteroatoms. The minimum Gasteiger partial charge on any atom is -0.386 e. The molecule has 0 saturated carbocycles. The van der Waals surface area contributed by atoms with E-state index in [-0.39, 0.29) is 29.6 Å². The van der Waals surface area contributed by atoms with Gasteiger partial charge in [0.1, 0.15) is 11.6 Å². The highest BCUT2D eigenvalue weighted by Gasteiger charge is 2.13. The normalized spacial score (nSPS) is 12.0. The van der Waals surface area contributed by atoms with Crippen molar-refractivity contribution < 1.29 is 18.7 Å². The molecule has 0 spiro atoms. The number of benzene rings is 2. The minimum absolute atomic E-state index is 0.0657. The zero-order valence-electron chi connectivity index (χ0n) is 11.6. The summed E-state index contributed by atoms with van der Waals surface area (Å²) >= 11 is 1.25. The summed E-state index contributed by atoms with van der Waals surface area (Å²) in [6.45, 7) is -0.0657. The van der Waals surface area contributed by atoms with Gasteiger partial charge >= 0.3 is 0 Å². The number of nitrogens with one attached hydrogen (secondary N) is 1. The van der Waals surface area contributed by atoms with Gasteiger partial charge in [0.05, 0.1) is 11.9 Å². The van der Waals surface area contributed by atoms with Gasteiger partial charge in [0.15, 0.2) is 0 Å². The van der Waals surface area contributed by atoms with Gasteiger partial charge in [0.2, 0.25) is 5.91 Å². The second-order valence-electron chi connectivity index (χ2n) is 4.58. The predicted molar refractivity (Wildman–Crippen MR) is 81.5 cm³/mol. The number of amides is 1. The van der Waals surface area contributed by atoms with Crippen molar-refractivity contribution in [2.45, 2.75) is 11.0 Å². The third kappa shape index (κ3) is 4.82. The molecule has 0 aromatic heterocycles. The van der Waals surface area contributed by atoms with Gasteiger partial charge in [-0.3, -0.25) is 4.79 Å². The molecule has 116 valence electrons. The van der Waals surface area contributed by atoms with Crippen molar-refractivity contribution in [1.82, 2.24) is 5.32 Å². The lowest BCUT2D eigenvalue weighted by Crippen LogP contribution is -2.30. The van der Waals surface area contributed by atoms with Gasteiger partial charge in [-0.25, -0.2) is 8.78 Å². The first kappa shape index (κ1) is 16.5. The molecule has 1 atom stereocenters. The molecule has 0 aliphatic carbocycles. The largest absolute Gasteiger partial charge is 0.386 e. The molecule has 0 aliphatic rings. The Kier molecular flexibility index (Phi) is 5.91. The molecule has 0 aliphatic heterocycles. The monoisotopic (exact) mass is 323 g/mol. The van der Waals surface area contributed by atoms with E-state index in [0.29, 0.717) is 0 Å². The lowest BCUT2D eigenvalue weighted by molar-refractivity contribution is -0.119. The molecule has 1 unspecified atom stereocenters.